The number of aromatic hydroxyl groups is 2. The molecule has 1 aliphatic rings. The summed E-state index contributed by atoms with van der Waals surface area (Å²) in [7, 11) is 0. The number of hydrogen-bond donors (Lipinski definition) is 2. The molecule has 0 bridgehead atoms. The van der Waals surface area contributed by atoms with Gasteiger partial charge >= 0.3 is 0 Å². The Bertz CT molecular complexity index is 666. The summed E-state index contributed by atoms with van der Waals surface area (Å²) in [6.07, 6.45) is 2.33. The molecule has 0 aromatic heterocycles. The zero-order valence-corrected chi connectivity index (χ0v) is 12.4. The van der Waals surface area contributed by atoms with E-state index in [4.69, 9.17) is 0 Å². The normalized spacial score (nSPS) is 15.0. The molecule has 1 heterocycles. The van der Waals surface area contributed by atoms with Gasteiger partial charge in [-0.15, -0.1) is 12.4 Å². The zero-order chi connectivity index (χ0) is 14.1. The van der Waals surface area contributed by atoms with Crippen molar-refractivity contribution in [2.45, 2.75) is 12.8 Å². The number of carbonyl (C=O) groups excluding carboxylic acids is 1. The van der Waals surface area contributed by atoms with Crippen LogP contribution in [0.15, 0.2) is 30.3 Å². The maximum atomic E-state index is 12.2. The first-order valence-electron chi connectivity index (χ1n) is 6.85. The highest BCUT2D eigenvalue weighted by Gasteiger charge is 2.16. The third-order valence-electron chi connectivity index (χ3n) is 3.82. The van der Waals surface area contributed by atoms with E-state index in [0.717, 1.165) is 36.7 Å². The van der Waals surface area contributed by atoms with Crippen LogP contribution >= 0.6 is 12.4 Å². The fourth-order valence-electron chi connectivity index (χ4n) is 2.68. The van der Waals surface area contributed by atoms with Gasteiger partial charge in [-0.1, -0.05) is 12.1 Å². The molecule has 4 nitrogen and oxygen atoms in total. The summed E-state index contributed by atoms with van der Waals surface area (Å²) in [6.45, 7) is 2.44. The number of nitrogens with zero attached hydrogens (tertiary/aromatic N) is 1. The van der Waals surface area contributed by atoms with E-state index in [0.29, 0.717) is 12.1 Å². The van der Waals surface area contributed by atoms with Crippen LogP contribution in [0.3, 0.4) is 0 Å². The lowest BCUT2D eigenvalue weighted by atomic mass is 10.0. The Morgan fingerprint density at radius 2 is 1.62 bits per heavy atom. The molecule has 0 amide bonds. The van der Waals surface area contributed by atoms with Crippen molar-refractivity contribution in [1.29, 1.82) is 0 Å². The first kappa shape index (κ1) is 15.6. The van der Waals surface area contributed by atoms with Gasteiger partial charge in [0.2, 0.25) is 0 Å². The minimum atomic E-state index is -0.165. The van der Waals surface area contributed by atoms with Crippen molar-refractivity contribution in [1.82, 2.24) is 4.90 Å². The Balaban J connectivity index is 0.00000161. The number of hydrogen-bond acceptors (Lipinski definition) is 4. The Hall–Kier alpha value is -1.78. The molecule has 1 aliphatic heterocycles. The minimum Gasteiger partial charge on any atom is -0.504 e. The zero-order valence-electron chi connectivity index (χ0n) is 11.6. The Labute approximate surface area is 129 Å². The van der Waals surface area contributed by atoms with E-state index < -0.39 is 0 Å². The Kier molecular flexibility index (Phi) is 4.70. The number of phenols is 2. The van der Waals surface area contributed by atoms with Gasteiger partial charge in [0.1, 0.15) is 0 Å². The van der Waals surface area contributed by atoms with Crippen molar-refractivity contribution in [3.05, 3.63) is 35.9 Å². The molecule has 2 N–H and O–H groups in total. The van der Waals surface area contributed by atoms with Gasteiger partial charge in [-0.05, 0) is 54.9 Å². The van der Waals surface area contributed by atoms with Gasteiger partial charge in [-0.2, -0.15) is 0 Å². The average molecular weight is 308 g/mol. The minimum absolute atomic E-state index is 0. The van der Waals surface area contributed by atoms with Crippen LogP contribution in [-0.2, 0) is 0 Å². The molecule has 0 saturated carbocycles. The van der Waals surface area contributed by atoms with Crippen LogP contribution < -0.4 is 0 Å². The number of halogens is 1. The van der Waals surface area contributed by atoms with E-state index >= 15 is 0 Å². The second-order valence-electron chi connectivity index (χ2n) is 5.31. The summed E-state index contributed by atoms with van der Waals surface area (Å²) in [4.78, 5) is 14.4. The molecule has 21 heavy (non-hydrogen) atoms. The summed E-state index contributed by atoms with van der Waals surface area (Å²) >= 11 is 0. The summed E-state index contributed by atoms with van der Waals surface area (Å²) in [5.41, 5.74) is 0.648. The molecule has 1 fully saturated rings. The van der Waals surface area contributed by atoms with E-state index in [2.05, 4.69) is 4.90 Å². The van der Waals surface area contributed by atoms with E-state index in [1.807, 2.05) is 0 Å². The van der Waals surface area contributed by atoms with Gasteiger partial charge in [0.25, 0.3) is 0 Å². The monoisotopic (exact) mass is 307 g/mol. The highest BCUT2D eigenvalue weighted by atomic mass is 35.5. The number of ketones is 1. The van der Waals surface area contributed by atoms with Crippen molar-refractivity contribution < 1.29 is 15.0 Å². The first-order chi connectivity index (χ1) is 9.63. The predicted octanol–water partition coefficient (Wildman–Crippen LogP) is 2.95. The molecular formula is C16H18ClNO3. The van der Waals surface area contributed by atoms with Crippen molar-refractivity contribution in [2.75, 3.05) is 19.6 Å². The molecule has 2 aromatic carbocycles. The van der Waals surface area contributed by atoms with Crippen LogP contribution in [0.25, 0.3) is 10.8 Å². The standard InChI is InChI=1S/C16H17NO3.ClH/c18-14-8-11-3-4-12(7-13(11)9-15(14)19)16(20)10-17-5-1-2-6-17;/h3-4,7-9,18-19H,1-2,5-6,10H2;1H. The van der Waals surface area contributed by atoms with Crippen LogP contribution in [0, 0.1) is 0 Å². The summed E-state index contributed by atoms with van der Waals surface area (Å²) < 4.78 is 0. The number of phenolic OH excluding ortho intramolecular Hbond substituents is 2. The third kappa shape index (κ3) is 3.28. The molecule has 0 spiro atoms. The van der Waals surface area contributed by atoms with Crippen LogP contribution in [-0.4, -0.2) is 40.5 Å². The van der Waals surface area contributed by atoms with Gasteiger partial charge in [0.15, 0.2) is 17.3 Å². The topological polar surface area (TPSA) is 60.8 Å². The van der Waals surface area contributed by atoms with Crippen molar-refractivity contribution in [3.63, 3.8) is 0 Å². The average Bonchev–Trinajstić information content (AvgIpc) is 2.92. The lowest BCUT2D eigenvalue weighted by molar-refractivity contribution is 0.0945. The van der Waals surface area contributed by atoms with Gasteiger partial charge in [-0.3, -0.25) is 9.69 Å². The van der Waals surface area contributed by atoms with Gasteiger partial charge in [-0.25, -0.2) is 0 Å². The van der Waals surface area contributed by atoms with Crippen LogP contribution in [0.5, 0.6) is 11.5 Å². The molecule has 0 unspecified atom stereocenters. The lowest BCUT2D eigenvalue weighted by Crippen LogP contribution is -2.26. The number of Topliss-reactive ketones (excluding diaryl/α,β-unsaturated/α-hetero) is 1. The lowest BCUT2D eigenvalue weighted by Gasteiger charge is -2.13. The van der Waals surface area contributed by atoms with E-state index in [9.17, 15) is 15.0 Å². The molecule has 0 atom stereocenters. The number of rotatable bonds is 3. The molecule has 0 aliphatic carbocycles. The molecule has 3 rings (SSSR count). The Morgan fingerprint density at radius 3 is 2.29 bits per heavy atom. The number of carbonyl (C=O) groups is 1. The van der Waals surface area contributed by atoms with Gasteiger partial charge in [0.05, 0.1) is 6.54 Å². The van der Waals surface area contributed by atoms with Gasteiger partial charge < -0.3 is 10.2 Å². The second-order valence-corrected chi connectivity index (χ2v) is 5.31. The number of benzene rings is 2. The summed E-state index contributed by atoms with van der Waals surface area (Å²) in [5, 5.41) is 20.6. The number of fused-ring (bicyclic) bond motifs is 1. The maximum absolute atomic E-state index is 12.2. The second kappa shape index (κ2) is 6.33. The molecule has 5 heteroatoms. The molecule has 2 aromatic rings. The SMILES string of the molecule is Cl.O=C(CN1CCCC1)c1ccc2cc(O)c(O)cc2c1. The van der Waals surface area contributed by atoms with E-state index in [-0.39, 0.29) is 29.7 Å². The van der Waals surface area contributed by atoms with Crippen molar-refractivity contribution in [3.8, 4) is 11.5 Å². The quantitative estimate of drug-likeness (QED) is 0.676. The largest absolute Gasteiger partial charge is 0.504 e. The Morgan fingerprint density at radius 1 is 1.00 bits per heavy atom. The molecular weight excluding hydrogens is 290 g/mol. The smallest absolute Gasteiger partial charge is 0.176 e. The predicted molar refractivity (Wildman–Crippen MR) is 84.5 cm³/mol. The summed E-state index contributed by atoms with van der Waals surface area (Å²) in [5.74, 6) is -0.211. The van der Waals surface area contributed by atoms with Crippen molar-refractivity contribution in [2.24, 2.45) is 0 Å². The highest BCUT2D eigenvalue weighted by molar-refractivity contribution is 6.01. The van der Waals surface area contributed by atoms with Crippen LogP contribution in [0.2, 0.25) is 0 Å². The van der Waals surface area contributed by atoms with Crippen molar-refractivity contribution >= 4 is 29.0 Å². The third-order valence-corrected chi connectivity index (χ3v) is 3.82. The van der Waals surface area contributed by atoms with Crippen LogP contribution in [0.4, 0.5) is 0 Å². The molecule has 112 valence electrons. The highest BCUT2D eigenvalue weighted by Crippen LogP contribution is 2.30. The van der Waals surface area contributed by atoms with Crippen LogP contribution in [0.1, 0.15) is 23.2 Å². The molecule has 0 radical (unpaired) electrons. The van der Waals surface area contributed by atoms with E-state index in [1.54, 1.807) is 18.2 Å². The fraction of sp³-hybridized carbons (Fsp3) is 0.312. The summed E-state index contributed by atoms with van der Waals surface area (Å²) in [6, 6.07) is 8.33. The first-order valence-corrected chi connectivity index (χ1v) is 6.85. The maximum Gasteiger partial charge on any atom is 0.176 e. The van der Waals surface area contributed by atoms with E-state index in [1.165, 1.54) is 12.1 Å². The van der Waals surface area contributed by atoms with Gasteiger partial charge in [0, 0.05) is 5.56 Å². The number of likely N-dealkylation sites (tertiary alicyclic amines) is 1. The fourth-order valence-corrected chi connectivity index (χ4v) is 2.68. The molecule has 1 saturated heterocycles.